The maximum absolute atomic E-state index is 13.6. The molecule has 0 bridgehead atoms. The van der Waals surface area contributed by atoms with Crippen LogP contribution in [0.5, 0.6) is 0 Å². The lowest BCUT2D eigenvalue weighted by Crippen LogP contribution is -2.29. The van der Waals surface area contributed by atoms with Crippen LogP contribution in [-0.4, -0.2) is 6.54 Å². The van der Waals surface area contributed by atoms with Crippen LogP contribution in [0, 0.1) is 23.0 Å². The Labute approximate surface area is 107 Å². The van der Waals surface area contributed by atoms with Gasteiger partial charge in [-0.05, 0) is 56.1 Å². The van der Waals surface area contributed by atoms with Crippen molar-refractivity contribution >= 4 is 0 Å². The largest absolute Gasteiger partial charge is 0.309 e. The van der Waals surface area contributed by atoms with E-state index in [4.69, 9.17) is 0 Å². The molecule has 2 fully saturated rings. The zero-order valence-electron chi connectivity index (χ0n) is 10.7. The fourth-order valence-electron chi connectivity index (χ4n) is 2.97. The lowest BCUT2D eigenvalue weighted by Gasteiger charge is -2.20. The van der Waals surface area contributed by atoms with Crippen LogP contribution in [0.15, 0.2) is 18.2 Å². The molecule has 1 aromatic rings. The van der Waals surface area contributed by atoms with E-state index in [9.17, 15) is 8.78 Å². The first kappa shape index (κ1) is 12.1. The van der Waals surface area contributed by atoms with Gasteiger partial charge in [0.05, 0.1) is 0 Å². The predicted octanol–water partition coefficient (Wildman–Crippen LogP) is 3.81. The topological polar surface area (TPSA) is 12.0 Å². The van der Waals surface area contributed by atoms with Gasteiger partial charge in [-0.2, -0.15) is 0 Å². The fraction of sp³-hybridized carbons (Fsp3) is 0.600. The molecule has 2 saturated carbocycles. The molecular weight excluding hydrogens is 232 g/mol. The van der Waals surface area contributed by atoms with Crippen molar-refractivity contribution in [2.45, 2.75) is 38.6 Å². The van der Waals surface area contributed by atoms with E-state index in [0.717, 1.165) is 12.5 Å². The monoisotopic (exact) mass is 251 g/mol. The first-order valence-electron chi connectivity index (χ1n) is 6.80. The molecule has 0 radical (unpaired) electrons. The van der Waals surface area contributed by atoms with Gasteiger partial charge in [0, 0.05) is 18.2 Å². The van der Waals surface area contributed by atoms with Gasteiger partial charge < -0.3 is 5.32 Å². The predicted molar refractivity (Wildman–Crippen MR) is 67.2 cm³/mol. The zero-order chi connectivity index (χ0) is 12.8. The Kier molecular flexibility index (Phi) is 2.89. The smallest absolute Gasteiger partial charge is 0.130 e. The highest BCUT2D eigenvalue weighted by atomic mass is 19.1. The van der Waals surface area contributed by atoms with Gasteiger partial charge in [0.15, 0.2) is 0 Å². The standard InChI is InChI=1S/C15H19F2N/c1-10(14-12(16)3-2-4-13(14)17)18-9-15(7-8-15)11-5-6-11/h2-4,10-11,18H,5-9H2,1H3. The van der Waals surface area contributed by atoms with E-state index in [1.807, 2.05) is 6.92 Å². The Balaban J connectivity index is 1.66. The molecule has 0 heterocycles. The number of hydrogen-bond donors (Lipinski definition) is 1. The average Bonchev–Trinajstić information content (AvgIpc) is 3.18. The van der Waals surface area contributed by atoms with Crippen molar-refractivity contribution in [1.29, 1.82) is 0 Å². The van der Waals surface area contributed by atoms with E-state index >= 15 is 0 Å². The molecule has 0 saturated heterocycles. The second kappa shape index (κ2) is 4.30. The molecule has 1 nitrogen and oxygen atoms in total. The molecule has 3 rings (SSSR count). The quantitative estimate of drug-likeness (QED) is 0.839. The van der Waals surface area contributed by atoms with E-state index in [1.165, 1.54) is 43.9 Å². The van der Waals surface area contributed by atoms with Crippen molar-refractivity contribution < 1.29 is 8.78 Å². The number of halogens is 2. The second-order valence-electron chi connectivity index (χ2n) is 5.87. The zero-order valence-corrected chi connectivity index (χ0v) is 10.7. The fourth-order valence-corrected chi connectivity index (χ4v) is 2.97. The molecule has 1 N–H and O–H groups in total. The molecule has 2 aliphatic carbocycles. The summed E-state index contributed by atoms with van der Waals surface area (Å²) in [5, 5.41) is 3.32. The molecule has 98 valence electrons. The lowest BCUT2D eigenvalue weighted by molar-refractivity contribution is 0.373. The van der Waals surface area contributed by atoms with Gasteiger partial charge in [0.2, 0.25) is 0 Å². The summed E-state index contributed by atoms with van der Waals surface area (Å²) in [6.45, 7) is 2.73. The summed E-state index contributed by atoms with van der Waals surface area (Å²) in [5.74, 6) is -0.0415. The summed E-state index contributed by atoms with van der Waals surface area (Å²) in [5.41, 5.74) is 0.625. The first-order chi connectivity index (χ1) is 8.62. The Morgan fingerprint density at radius 2 is 1.89 bits per heavy atom. The summed E-state index contributed by atoms with van der Waals surface area (Å²) in [6.07, 6.45) is 5.22. The molecule has 2 aliphatic rings. The highest BCUT2D eigenvalue weighted by Crippen LogP contribution is 2.60. The minimum absolute atomic E-state index is 0.170. The van der Waals surface area contributed by atoms with E-state index in [-0.39, 0.29) is 11.6 Å². The van der Waals surface area contributed by atoms with Gasteiger partial charge in [-0.25, -0.2) is 8.78 Å². The average molecular weight is 251 g/mol. The molecular formula is C15H19F2N. The van der Waals surface area contributed by atoms with Crippen LogP contribution < -0.4 is 5.32 Å². The van der Waals surface area contributed by atoms with E-state index < -0.39 is 11.6 Å². The SMILES string of the molecule is CC(NCC1(C2CC2)CC1)c1c(F)cccc1F. The molecule has 0 aliphatic heterocycles. The van der Waals surface area contributed by atoms with Crippen LogP contribution in [0.2, 0.25) is 0 Å². The van der Waals surface area contributed by atoms with E-state index in [1.54, 1.807) is 0 Å². The number of benzene rings is 1. The molecule has 0 spiro atoms. The van der Waals surface area contributed by atoms with Gasteiger partial charge in [-0.3, -0.25) is 0 Å². The molecule has 3 heteroatoms. The van der Waals surface area contributed by atoms with Crippen LogP contribution in [0.4, 0.5) is 8.78 Å². The van der Waals surface area contributed by atoms with E-state index in [0.29, 0.717) is 5.41 Å². The van der Waals surface area contributed by atoms with Crippen molar-refractivity contribution in [1.82, 2.24) is 5.32 Å². The van der Waals surface area contributed by atoms with Crippen LogP contribution in [0.25, 0.3) is 0 Å². The summed E-state index contributed by atoms with van der Waals surface area (Å²) in [7, 11) is 0. The van der Waals surface area contributed by atoms with Crippen molar-refractivity contribution in [3.05, 3.63) is 35.4 Å². The summed E-state index contributed by atoms with van der Waals surface area (Å²) in [6, 6.07) is 3.80. The molecule has 0 amide bonds. The Hall–Kier alpha value is -0.960. The van der Waals surface area contributed by atoms with Gasteiger partial charge in [-0.15, -0.1) is 0 Å². The number of nitrogens with one attached hydrogen (secondary N) is 1. The third-order valence-corrected chi connectivity index (χ3v) is 4.53. The van der Waals surface area contributed by atoms with Crippen LogP contribution in [0.3, 0.4) is 0 Å². The highest BCUT2D eigenvalue weighted by Gasteiger charge is 2.53. The van der Waals surface area contributed by atoms with E-state index in [2.05, 4.69) is 5.32 Å². The molecule has 1 unspecified atom stereocenters. The van der Waals surface area contributed by atoms with Crippen molar-refractivity contribution in [3.63, 3.8) is 0 Å². The maximum Gasteiger partial charge on any atom is 0.130 e. The Morgan fingerprint density at radius 1 is 1.28 bits per heavy atom. The van der Waals surface area contributed by atoms with Crippen molar-refractivity contribution in [3.8, 4) is 0 Å². The molecule has 0 aromatic heterocycles. The Morgan fingerprint density at radius 3 is 2.39 bits per heavy atom. The van der Waals surface area contributed by atoms with Crippen LogP contribution in [-0.2, 0) is 0 Å². The Bertz CT molecular complexity index is 430. The maximum atomic E-state index is 13.6. The highest BCUT2D eigenvalue weighted by molar-refractivity contribution is 5.23. The normalized spacial score (nSPS) is 22.8. The third kappa shape index (κ3) is 2.16. The first-order valence-corrected chi connectivity index (χ1v) is 6.80. The van der Waals surface area contributed by atoms with Gasteiger partial charge in [0.25, 0.3) is 0 Å². The minimum atomic E-state index is -0.453. The van der Waals surface area contributed by atoms with Gasteiger partial charge in [0.1, 0.15) is 11.6 Å². The minimum Gasteiger partial charge on any atom is -0.309 e. The molecule has 1 atom stereocenters. The van der Waals surface area contributed by atoms with Crippen molar-refractivity contribution in [2.24, 2.45) is 11.3 Å². The van der Waals surface area contributed by atoms with Crippen molar-refractivity contribution in [2.75, 3.05) is 6.54 Å². The molecule has 1 aromatic carbocycles. The summed E-state index contributed by atoms with van der Waals surface area (Å²) in [4.78, 5) is 0. The van der Waals surface area contributed by atoms with Crippen LogP contribution >= 0.6 is 0 Å². The summed E-state index contributed by atoms with van der Waals surface area (Å²) >= 11 is 0. The van der Waals surface area contributed by atoms with Gasteiger partial charge in [-0.1, -0.05) is 6.07 Å². The lowest BCUT2D eigenvalue weighted by atomic mass is 9.99. The number of rotatable bonds is 5. The second-order valence-corrected chi connectivity index (χ2v) is 5.87. The molecule has 18 heavy (non-hydrogen) atoms. The van der Waals surface area contributed by atoms with Crippen LogP contribution in [0.1, 0.15) is 44.2 Å². The summed E-state index contributed by atoms with van der Waals surface area (Å²) < 4.78 is 27.3. The third-order valence-electron chi connectivity index (χ3n) is 4.53. The number of hydrogen-bond acceptors (Lipinski definition) is 1. The van der Waals surface area contributed by atoms with Gasteiger partial charge >= 0.3 is 0 Å².